The lowest BCUT2D eigenvalue weighted by atomic mass is 10.0. The van der Waals surface area contributed by atoms with E-state index in [2.05, 4.69) is 5.32 Å². The summed E-state index contributed by atoms with van der Waals surface area (Å²) in [5.74, 6) is 0.706. The number of hydrogen-bond acceptors (Lipinski definition) is 4. The van der Waals surface area contributed by atoms with Gasteiger partial charge in [0.2, 0.25) is 0 Å². The molecule has 1 saturated heterocycles. The quantitative estimate of drug-likeness (QED) is 0.602. The van der Waals surface area contributed by atoms with Crippen LogP contribution in [0.2, 0.25) is 0 Å². The number of hydrogen-bond donors (Lipinski definition) is 1. The van der Waals surface area contributed by atoms with Crippen LogP contribution >= 0.6 is 0 Å². The van der Waals surface area contributed by atoms with Crippen LogP contribution in [0.25, 0.3) is 0 Å². The monoisotopic (exact) mass is 231 g/mol. The van der Waals surface area contributed by atoms with Crippen LogP contribution < -0.4 is 5.32 Å². The Morgan fingerprint density at radius 3 is 2.50 bits per heavy atom. The second-order valence-electron chi connectivity index (χ2n) is 4.08. The molecule has 0 saturated carbocycles. The van der Waals surface area contributed by atoms with Gasteiger partial charge in [-0.2, -0.15) is 0 Å². The van der Waals surface area contributed by atoms with Gasteiger partial charge < -0.3 is 19.5 Å². The molecule has 4 nitrogen and oxygen atoms in total. The van der Waals surface area contributed by atoms with Crippen LogP contribution in [0.1, 0.15) is 19.8 Å². The standard InChI is InChI=1S/C12H25NO3/c1-2-14-9-5-13-6-10-16-11-12-3-7-15-8-4-12/h12-13H,2-11H2,1H3. The van der Waals surface area contributed by atoms with Crippen molar-refractivity contribution >= 4 is 0 Å². The molecule has 1 N–H and O–H groups in total. The highest BCUT2D eigenvalue weighted by Gasteiger charge is 2.13. The van der Waals surface area contributed by atoms with Crippen LogP contribution in [0, 0.1) is 5.92 Å². The molecular formula is C12H25NO3. The van der Waals surface area contributed by atoms with Crippen molar-refractivity contribution in [2.75, 3.05) is 52.7 Å². The van der Waals surface area contributed by atoms with Crippen molar-refractivity contribution in [2.45, 2.75) is 19.8 Å². The molecule has 1 aliphatic rings. The molecule has 0 aromatic rings. The Balaban J connectivity index is 1.77. The smallest absolute Gasteiger partial charge is 0.0591 e. The van der Waals surface area contributed by atoms with E-state index in [4.69, 9.17) is 14.2 Å². The second-order valence-corrected chi connectivity index (χ2v) is 4.08. The zero-order valence-electron chi connectivity index (χ0n) is 10.4. The van der Waals surface area contributed by atoms with Crippen LogP contribution in [0.3, 0.4) is 0 Å². The number of ether oxygens (including phenoxy) is 3. The first kappa shape index (κ1) is 13.9. The third-order valence-electron chi connectivity index (χ3n) is 2.74. The third kappa shape index (κ3) is 7.17. The van der Waals surface area contributed by atoms with E-state index in [1.807, 2.05) is 6.92 Å². The summed E-state index contributed by atoms with van der Waals surface area (Å²) in [6.07, 6.45) is 2.30. The van der Waals surface area contributed by atoms with Gasteiger partial charge in [0.25, 0.3) is 0 Å². The summed E-state index contributed by atoms with van der Waals surface area (Å²) >= 11 is 0. The topological polar surface area (TPSA) is 39.7 Å². The SMILES string of the molecule is CCOCCNCCOCC1CCOCC1. The Morgan fingerprint density at radius 1 is 1.12 bits per heavy atom. The van der Waals surface area contributed by atoms with Gasteiger partial charge in [0.15, 0.2) is 0 Å². The van der Waals surface area contributed by atoms with E-state index < -0.39 is 0 Å². The van der Waals surface area contributed by atoms with Crippen molar-refractivity contribution in [1.29, 1.82) is 0 Å². The first-order chi connectivity index (χ1) is 7.93. The van der Waals surface area contributed by atoms with Gasteiger partial charge in [-0.25, -0.2) is 0 Å². The fraction of sp³-hybridized carbons (Fsp3) is 1.00. The summed E-state index contributed by atoms with van der Waals surface area (Å²) < 4.78 is 16.1. The van der Waals surface area contributed by atoms with Gasteiger partial charge in [-0.05, 0) is 25.7 Å². The summed E-state index contributed by atoms with van der Waals surface area (Å²) in [5.41, 5.74) is 0. The fourth-order valence-electron chi connectivity index (χ4n) is 1.72. The maximum Gasteiger partial charge on any atom is 0.0591 e. The van der Waals surface area contributed by atoms with Crippen LogP contribution in [0.4, 0.5) is 0 Å². The maximum atomic E-state index is 5.62. The maximum absolute atomic E-state index is 5.62. The Bertz CT molecular complexity index is 149. The van der Waals surface area contributed by atoms with Gasteiger partial charge >= 0.3 is 0 Å². The molecule has 4 heteroatoms. The lowest BCUT2D eigenvalue weighted by Gasteiger charge is -2.21. The molecule has 1 fully saturated rings. The molecule has 1 rings (SSSR count). The van der Waals surface area contributed by atoms with E-state index >= 15 is 0 Å². The van der Waals surface area contributed by atoms with E-state index in [0.29, 0.717) is 5.92 Å². The molecule has 1 aliphatic heterocycles. The minimum absolute atomic E-state index is 0.706. The summed E-state index contributed by atoms with van der Waals surface area (Å²) in [5, 5.41) is 3.28. The zero-order chi connectivity index (χ0) is 11.5. The highest BCUT2D eigenvalue weighted by atomic mass is 16.5. The van der Waals surface area contributed by atoms with E-state index in [-0.39, 0.29) is 0 Å². The molecule has 0 aliphatic carbocycles. The predicted octanol–water partition coefficient (Wildman–Crippen LogP) is 1.06. The summed E-state index contributed by atoms with van der Waals surface area (Å²) in [4.78, 5) is 0. The lowest BCUT2D eigenvalue weighted by Crippen LogP contribution is -2.26. The van der Waals surface area contributed by atoms with Crippen molar-refractivity contribution < 1.29 is 14.2 Å². The van der Waals surface area contributed by atoms with Gasteiger partial charge in [0, 0.05) is 39.5 Å². The van der Waals surface area contributed by atoms with E-state index in [1.165, 1.54) is 0 Å². The zero-order valence-corrected chi connectivity index (χ0v) is 10.4. The van der Waals surface area contributed by atoms with Crippen molar-refractivity contribution in [3.05, 3.63) is 0 Å². The number of rotatable bonds is 9. The third-order valence-corrected chi connectivity index (χ3v) is 2.74. The summed E-state index contributed by atoms with van der Waals surface area (Å²) in [6.45, 7) is 8.90. The Morgan fingerprint density at radius 2 is 1.81 bits per heavy atom. The summed E-state index contributed by atoms with van der Waals surface area (Å²) in [6, 6.07) is 0. The van der Waals surface area contributed by atoms with Crippen LogP contribution in [0.15, 0.2) is 0 Å². The van der Waals surface area contributed by atoms with Crippen molar-refractivity contribution in [1.82, 2.24) is 5.32 Å². The molecule has 0 radical (unpaired) electrons. The highest BCUT2D eigenvalue weighted by molar-refractivity contribution is 4.62. The summed E-state index contributed by atoms with van der Waals surface area (Å²) in [7, 11) is 0. The van der Waals surface area contributed by atoms with Crippen molar-refractivity contribution in [3.8, 4) is 0 Å². The molecule has 16 heavy (non-hydrogen) atoms. The molecule has 0 atom stereocenters. The Kier molecular flexibility index (Phi) is 8.71. The van der Waals surface area contributed by atoms with E-state index in [9.17, 15) is 0 Å². The molecule has 0 unspecified atom stereocenters. The molecule has 0 spiro atoms. The fourth-order valence-corrected chi connectivity index (χ4v) is 1.72. The van der Waals surface area contributed by atoms with Crippen molar-refractivity contribution in [2.24, 2.45) is 5.92 Å². The van der Waals surface area contributed by atoms with Gasteiger partial charge in [0.1, 0.15) is 0 Å². The largest absolute Gasteiger partial charge is 0.381 e. The average Bonchev–Trinajstić information content (AvgIpc) is 2.34. The minimum atomic E-state index is 0.706. The van der Waals surface area contributed by atoms with Gasteiger partial charge in [-0.15, -0.1) is 0 Å². The molecule has 0 aromatic heterocycles. The van der Waals surface area contributed by atoms with Crippen LogP contribution in [-0.4, -0.2) is 52.7 Å². The normalized spacial score (nSPS) is 17.8. The van der Waals surface area contributed by atoms with Gasteiger partial charge in [0.05, 0.1) is 13.2 Å². The van der Waals surface area contributed by atoms with E-state index in [1.54, 1.807) is 0 Å². The Labute approximate surface area is 98.6 Å². The van der Waals surface area contributed by atoms with E-state index in [0.717, 1.165) is 65.6 Å². The molecule has 0 aromatic carbocycles. The molecule has 0 bridgehead atoms. The molecule has 0 amide bonds. The predicted molar refractivity (Wildman–Crippen MR) is 63.7 cm³/mol. The van der Waals surface area contributed by atoms with Crippen molar-refractivity contribution in [3.63, 3.8) is 0 Å². The lowest BCUT2D eigenvalue weighted by molar-refractivity contribution is 0.0211. The van der Waals surface area contributed by atoms with Gasteiger partial charge in [-0.3, -0.25) is 0 Å². The minimum Gasteiger partial charge on any atom is -0.381 e. The first-order valence-corrected chi connectivity index (χ1v) is 6.37. The molecule has 96 valence electrons. The van der Waals surface area contributed by atoms with Gasteiger partial charge in [-0.1, -0.05) is 0 Å². The average molecular weight is 231 g/mol. The molecular weight excluding hydrogens is 206 g/mol. The first-order valence-electron chi connectivity index (χ1n) is 6.37. The second kappa shape index (κ2) is 10.0. The van der Waals surface area contributed by atoms with Crippen LogP contribution in [-0.2, 0) is 14.2 Å². The number of nitrogens with one attached hydrogen (secondary N) is 1. The molecule has 1 heterocycles. The van der Waals surface area contributed by atoms with Crippen LogP contribution in [0.5, 0.6) is 0 Å². The highest BCUT2D eigenvalue weighted by Crippen LogP contribution is 2.14. The Hall–Kier alpha value is -0.160.